The number of carbonyl (C=O) groups excluding carboxylic acids is 1. The molecule has 0 saturated carbocycles. The van der Waals surface area contributed by atoms with Crippen molar-refractivity contribution in [3.05, 3.63) is 64.1 Å². The van der Waals surface area contributed by atoms with Crippen LogP contribution in [-0.2, 0) is 17.8 Å². The summed E-state index contributed by atoms with van der Waals surface area (Å²) in [7, 11) is 0. The molecule has 24 heavy (non-hydrogen) atoms. The summed E-state index contributed by atoms with van der Waals surface area (Å²) in [5.74, 6) is 0.733. The lowest BCUT2D eigenvalue weighted by molar-refractivity contribution is -0.121. The predicted octanol–water partition coefficient (Wildman–Crippen LogP) is 4.10. The molecule has 3 aromatic rings. The molecular weight excluding hydrogens is 327 g/mol. The Hall–Kier alpha value is -2.47. The van der Waals surface area contributed by atoms with Gasteiger partial charge in [-0.05, 0) is 48.2 Å². The van der Waals surface area contributed by atoms with Crippen LogP contribution in [0, 0.1) is 12.7 Å². The normalized spacial score (nSPS) is 10.8. The fourth-order valence-electron chi connectivity index (χ4n) is 2.25. The number of hydrogen-bond donors (Lipinski definition) is 1. The number of aryl methyl sites for hydroxylation is 2. The minimum Gasteiger partial charge on any atom is -0.441 e. The van der Waals surface area contributed by atoms with Crippen molar-refractivity contribution in [1.82, 2.24) is 10.3 Å². The van der Waals surface area contributed by atoms with Crippen molar-refractivity contribution >= 4 is 17.2 Å². The smallest absolute Gasteiger partial charge is 0.220 e. The number of nitrogens with zero attached hydrogens (tertiary/aromatic N) is 1. The van der Waals surface area contributed by atoms with Gasteiger partial charge in [0.25, 0.3) is 0 Å². The van der Waals surface area contributed by atoms with Gasteiger partial charge in [-0.3, -0.25) is 4.79 Å². The van der Waals surface area contributed by atoms with Gasteiger partial charge in [-0.2, -0.15) is 0 Å². The molecule has 0 bridgehead atoms. The first kappa shape index (κ1) is 16.4. The van der Waals surface area contributed by atoms with Crippen LogP contribution in [-0.4, -0.2) is 10.9 Å². The van der Waals surface area contributed by atoms with E-state index in [1.54, 1.807) is 29.7 Å². The van der Waals surface area contributed by atoms with Crippen molar-refractivity contribution in [2.45, 2.75) is 26.3 Å². The monoisotopic (exact) mass is 344 g/mol. The van der Waals surface area contributed by atoms with E-state index in [4.69, 9.17) is 4.42 Å². The first-order valence-corrected chi connectivity index (χ1v) is 8.50. The van der Waals surface area contributed by atoms with Crippen molar-refractivity contribution in [3.63, 3.8) is 0 Å². The van der Waals surface area contributed by atoms with Crippen molar-refractivity contribution < 1.29 is 13.6 Å². The van der Waals surface area contributed by atoms with Crippen LogP contribution in [0.1, 0.15) is 22.8 Å². The molecule has 0 aliphatic carbocycles. The zero-order chi connectivity index (χ0) is 16.9. The predicted molar refractivity (Wildman–Crippen MR) is 91.1 cm³/mol. The van der Waals surface area contributed by atoms with Crippen molar-refractivity contribution in [1.29, 1.82) is 0 Å². The number of benzene rings is 1. The highest BCUT2D eigenvalue weighted by atomic mass is 32.1. The third kappa shape index (κ3) is 4.08. The van der Waals surface area contributed by atoms with E-state index in [1.807, 2.05) is 18.4 Å². The molecular formula is C18H17FN2O2S. The second-order valence-electron chi connectivity index (χ2n) is 5.43. The van der Waals surface area contributed by atoms with Crippen LogP contribution in [0.5, 0.6) is 0 Å². The number of carbonyl (C=O) groups is 1. The Bertz CT molecular complexity index is 824. The number of rotatable bonds is 6. The highest BCUT2D eigenvalue weighted by molar-refractivity contribution is 7.10. The van der Waals surface area contributed by atoms with Gasteiger partial charge in [0.15, 0.2) is 11.7 Å². The molecule has 0 aliphatic heterocycles. The van der Waals surface area contributed by atoms with Crippen LogP contribution >= 0.6 is 11.3 Å². The number of hydrogen-bond acceptors (Lipinski definition) is 4. The minimum absolute atomic E-state index is 0.0377. The third-order valence-electron chi connectivity index (χ3n) is 3.66. The summed E-state index contributed by atoms with van der Waals surface area (Å²) < 4.78 is 18.5. The van der Waals surface area contributed by atoms with Gasteiger partial charge >= 0.3 is 0 Å². The van der Waals surface area contributed by atoms with Crippen LogP contribution in [0.4, 0.5) is 4.39 Å². The quantitative estimate of drug-likeness (QED) is 0.732. The minimum atomic E-state index is -0.295. The Balaban J connectivity index is 1.51. The van der Waals surface area contributed by atoms with Crippen molar-refractivity contribution in [2.24, 2.45) is 0 Å². The Morgan fingerprint density at radius 1 is 1.29 bits per heavy atom. The maximum atomic E-state index is 12.9. The van der Waals surface area contributed by atoms with Gasteiger partial charge in [-0.25, -0.2) is 9.37 Å². The fraction of sp³-hybridized carbons (Fsp3) is 0.222. The van der Waals surface area contributed by atoms with Gasteiger partial charge in [0.1, 0.15) is 5.82 Å². The van der Waals surface area contributed by atoms with Crippen LogP contribution in [0.25, 0.3) is 11.3 Å². The summed E-state index contributed by atoms with van der Waals surface area (Å²) >= 11 is 1.64. The van der Waals surface area contributed by atoms with E-state index in [2.05, 4.69) is 10.3 Å². The van der Waals surface area contributed by atoms with E-state index in [9.17, 15) is 9.18 Å². The molecule has 1 amide bonds. The number of nitrogens with one attached hydrogen (secondary N) is 1. The lowest BCUT2D eigenvalue weighted by Gasteiger charge is -2.03. The SMILES string of the molecule is Cc1ccsc1CNC(=O)CCc1ncc(-c2ccc(F)cc2)o1. The van der Waals surface area contributed by atoms with E-state index < -0.39 is 0 Å². The number of halogens is 1. The Morgan fingerprint density at radius 2 is 2.08 bits per heavy atom. The van der Waals surface area contributed by atoms with Gasteiger partial charge in [0, 0.05) is 23.3 Å². The molecule has 0 unspecified atom stereocenters. The fourth-order valence-corrected chi connectivity index (χ4v) is 3.09. The maximum Gasteiger partial charge on any atom is 0.220 e. The average Bonchev–Trinajstić information content (AvgIpc) is 3.21. The summed E-state index contributed by atoms with van der Waals surface area (Å²) in [5.41, 5.74) is 1.95. The molecule has 0 saturated heterocycles. The highest BCUT2D eigenvalue weighted by Gasteiger charge is 2.10. The van der Waals surface area contributed by atoms with Crippen molar-refractivity contribution in [2.75, 3.05) is 0 Å². The molecule has 0 aliphatic rings. The summed E-state index contributed by atoms with van der Waals surface area (Å²) in [6.45, 7) is 2.58. The molecule has 0 fully saturated rings. The zero-order valence-electron chi connectivity index (χ0n) is 13.2. The molecule has 0 atom stereocenters. The van der Waals surface area contributed by atoms with Crippen LogP contribution in [0.2, 0.25) is 0 Å². The van der Waals surface area contributed by atoms with E-state index in [1.165, 1.54) is 17.7 Å². The molecule has 0 radical (unpaired) electrons. The molecule has 0 spiro atoms. The van der Waals surface area contributed by atoms with Gasteiger partial charge in [-0.15, -0.1) is 11.3 Å². The average molecular weight is 344 g/mol. The highest BCUT2D eigenvalue weighted by Crippen LogP contribution is 2.21. The standard InChI is InChI=1S/C18H17FN2O2S/c1-12-8-9-24-16(12)11-20-17(22)6-7-18-21-10-15(23-18)13-2-4-14(19)5-3-13/h2-5,8-10H,6-7,11H2,1H3,(H,20,22). The number of aromatic nitrogens is 1. The van der Waals surface area contributed by atoms with Gasteiger partial charge < -0.3 is 9.73 Å². The van der Waals surface area contributed by atoms with E-state index in [0.717, 1.165) is 10.4 Å². The molecule has 2 heterocycles. The summed E-state index contributed by atoms with van der Waals surface area (Å²) in [4.78, 5) is 17.3. The first-order chi connectivity index (χ1) is 11.6. The zero-order valence-corrected chi connectivity index (χ0v) is 14.0. The Morgan fingerprint density at radius 3 is 2.79 bits per heavy atom. The lowest BCUT2D eigenvalue weighted by atomic mass is 10.2. The van der Waals surface area contributed by atoms with Crippen molar-refractivity contribution in [3.8, 4) is 11.3 Å². The molecule has 2 aromatic heterocycles. The summed E-state index contributed by atoms with van der Waals surface area (Å²) in [5, 5.41) is 4.92. The third-order valence-corrected chi connectivity index (χ3v) is 4.69. The maximum absolute atomic E-state index is 12.9. The number of thiophene rings is 1. The molecule has 3 rings (SSSR count). The van der Waals surface area contributed by atoms with Crippen LogP contribution in [0.3, 0.4) is 0 Å². The second-order valence-corrected chi connectivity index (χ2v) is 6.43. The van der Waals surface area contributed by atoms with Crippen LogP contribution in [0.15, 0.2) is 46.3 Å². The second kappa shape index (κ2) is 7.40. The van der Waals surface area contributed by atoms with E-state index >= 15 is 0 Å². The summed E-state index contributed by atoms with van der Waals surface area (Å²) in [6, 6.07) is 8.05. The molecule has 6 heteroatoms. The number of oxazole rings is 1. The Labute approximate surface area is 143 Å². The topological polar surface area (TPSA) is 55.1 Å². The molecule has 124 valence electrons. The van der Waals surface area contributed by atoms with Crippen LogP contribution < -0.4 is 5.32 Å². The van der Waals surface area contributed by atoms with E-state index in [0.29, 0.717) is 31.0 Å². The molecule has 4 nitrogen and oxygen atoms in total. The molecule has 1 N–H and O–H groups in total. The largest absolute Gasteiger partial charge is 0.441 e. The first-order valence-electron chi connectivity index (χ1n) is 7.62. The lowest BCUT2D eigenvalue weighted by Crippen LogP contribution is -2.22. The summed E-state index contributed by atoms with van der Waals surface area (Å²) in [6.07, 6.45) is 2.33. The molecule has 1 aromatic carbocycles. The van der Waals surface area contributed by atoms with E-state index in [-0.39, 0.29) is 11.7 Å². The van der Waals surface area contributed by atoms with Gasteiger partial charge in [-0.1, -0.05) is 0 Å². The van der Waals surface area contributed by atoms with Gasteiger partial charge in [0.05, 0.1) is 12.7 Å². The Kier molecular flexibility index (Phi) is 5.05. The van der Waals surface area contributed by atoms with Gasteiger partial charge in [0.2, 0.25) is 5.91 Å². The number of amides is 1.